The Morgan fingerprint density at radius 3 is 2.21 bits per heavy atom. The molecular weight excluding hydrogens is 446 g/mol. The molecule has 0 atom stereocenters. The van der Waals surface area contributed by atoms with E-state index in [2.05, 4.69) is 5.32 Å². The largest absolute Gasteiger partial charge is 0.462 e. The first-order valence-corrected chi connectivity index (χ1v) is 11.5. The van der Waals surface area contributed by atoms with Crippen molar-refractivity contribution in [1.29, 1.82) is 0 Å². The average molecular weight is 474 g/mol. The summed E-state index contributed by atoms with van der Waals surface area (Å²) in [5.74, 6) is -1.69. The molecule has 2 aromatic rings. The zero-order valence-corrected chi connectivity index (χ0v) is 19.6. The second-order valence-corrected chi connectivity index (χ2v) is 8.57. The van der Waals surface area contributed by atoms with E-state index in [9.17, 15) is 19.2 Å². The maximum atomic E-state index is 13.2. The van der Waals surface area contributed by atoms with Gasteiger partial charge in [0.05, 0.1) is 18.8 Å². The van der Waals surface area contributed by atoms with Crippen molar-refractivity contribution >= 4 is 40.2 Å². The fourth-order valence-corrected chi connectivity index (χ4v) is 4.41. The predicted molar refractivity (Wildman–Crippen MR) is 124 cm³/mol. The Bertz CT molecular complexity index is 1060. The maximum Gasteiger partial charge on any atom is 0.348 e. The number of amides is 3. The van der Waals surface area contributed by atoms with Gasteiger partial charge in [-0.3, -0.25) is 10.1 Å². The van der Waals surface area contributed by atoms with Gasteiger partial charge in [0, 0.05) is 18.2 Å². The summed E-state index contributed by atoms with van der Waals surface area (Å²) in [7, 11) is 0. The molecule has 176 valence electrons. The fourth-order valence-electron chi connectivity index (χ4n) is 3.33. The van der Waals surface area contributed by atoms with Gasteiger partial charge in [-0.05, 0) is 56.9 Å². The van der Waals surface area contributed by atoms with Gasteiger partial charge in [-0.25, -0.2) is 14.4 Å². The molecule has 33 heavy (non-hydrogen) atoms. The normalized spacial score (nSPS) is 12.7. The molecule has 1 aliphatic carbocycles. The van der Waals surface area contributed by atoms with Crippen molar-refractivity contribution in [2.75, 3.05) is 18.5 Å². The quantitative estimate of drug-likeness (QED) is 0.535. The van der Waals surface area contributed by atoms with Crippen LogP contribution in [-0.4, -0.2) is 48.0 Å². The van der Waals surface area contributed by atoms with Crippen molar-refractivity contribution in [3.63, 3.8) is 0 Å². The van der Waals surface area contributed by atoms with E-state index in [1.807, 2.05) is 0 Å². The van der Waals surface area contributed by atoms with Crippen molar-refractivity contribution in [2.24, 2.45) is 5.73 Å². The Hall–Kier alpha value is -3.40. The minimum atomic E-state index is -0.614. The lowest BCUT2D eigenvalue weighted by atomic mass is 10.1. The number of carbonyl (C=O) groups is 4. The van der Waals surface area contributed by atoms with E-state index >= 15 is 0 Å². The molecule has 0 spiro atoms. The lowest BCUT2D eigenvalue weighted by Crippen LogP contribution is -2.36. The third-order valence-corrected chi connectivity index (χ3v) is 6.33. The van der Waals surface area contributed by atoms with E-state index in [-0.39, 0.29) is 34.7 Å². The number of nitrogens with zero attached hydrogens (tertiary/aromatic N) is 1. The number of nitrogens with one attached hydrogen (secondary N) is 1. The minimum absolute atomic E-state index is 0.0671. The number of primary amides is 1. The Kier molecular flexibility index (Phi) is 7.70. The van der Waals surface area contributed by atoms with Crippen LogP contribution in [0.2, 0.25) is 0 Å². The summed E-state index contributed by atoms with van der Waals surface area (Å²) in [4.78, 5) is 51.3. The fraction of sp³-hybridized carbons (Fsp3) is 0.391. The van der Waals surface area contributed by atoms with E-state index in [4.69, 9.17) is 15.2 Å². The Balaban J connectivity index is 1.85. The van der Waals surface area contributed by atoms with Crippen LogP contribution in [0.3, 0.4) is 0 Å². The van der Waals surface area contributed by atoms with Crippen LogP contribution in [0.15, 0.2) is 24.3 Å². The molecule has 1 saturated carbocycles. The molecule has 1 heterocycles. The number of hydrogen-bond donors (Lipinski definition) is 2. The highest BCUT2D eigenvalue weighted by molar-refractivity contribution is 7.18. The summed E-state index contributed by atoms with van der Waals surface area (Å²) >= 11 is 0.992. The first-order valence-electron chi connectivity index (χ1n) is 10.7. The number of ether oxygens (including phenoxy) is 2. The monoisotopic (exact) mass is 473 g/mol. The smallest absolute Gasteiger partial charge is 0.348 e. The number of urea groups is 1. The third-order valence-electron chi connectivity index (χ3n) is 5.15. The first kappa shape index (κ1) is 24.2. The molecule has 3 amide bonds. The van der Waals surface area contributed by atoms with Gasteiger partial charge in [0.15, 0.2) is 0 Å². The highest BCUT2D eigenvalue weighted by atomic mass is 32.1. The van der Waals surface area contributed by atoms with E-state index in [1.165, 1.54) is 0 Å². The molecule has 3 N–H and O–H groups in total. The van der Waals surface area contributed by atoms with Crippen LogP contribution in [-0.2, 0) is 16.0 Å². The second kappa shape index (κ2) is 10.5. The summed E-state index contributed by atoms with van der Waals surface area (Å²) in [5.41, 5.74) is 7.08. The number of anilines is 1. The van der Waals surface area contributed by atoms with E-state index in [0.717, 1.165) is 29.7 Å². The summed E-state index contributed by atoms with van der Waals surface area (Å²) in [6.07, 6.45) is 1.74. The van der Waals surface area contributed by atoms with E-state index in [0.29, 0.717) is 17.7 Å². The molecule has 1 aliphatic rings. The van der Waals surface area contributed by atoms with Crippen molar-refractivity contribution in [1.82, 2.24) is 4.90 Å². The second-order valence-electron chi connectivity index (χ2n) is 7.55. The molecule has 0 unspecified atom stereocenters. The number of esters is 2. The Morgan fingerprint density at radius 1 is 1.06 bits per heavy atom. The van der Waals surface area contributed by atoms with Gasteiger partial charge in [0.2, 0.25) is 5.91 Å². The lowest BCUT2D eigenvalue weighted by molar-refractivity contribution is 0.0527. The molecule has 3 rings (SSSR count). The van der Waals surface area contributed by atoms with E-state index < -0.39 is 23.9 Å². The number of benzene rings is 1. The van der Waals surface area contributed by atoms with Crippen LogP contribution in [0.1, 0.15) is 68.2 Å². The number of rotatable bonds is 9. The number of thiophene rings is 1. The molecule has 0 radical (unpaired) electrons. The highest BCUT2D eigenvalue weighted by Gasteiger charge is 2.34. The van der Waals surface area contributed by atoms with Crippen LogP contribution in [0.5, 0.6) is 0 Å². The molecule has 9 nitrogen and oxygen atoms in total. The van der Waals surface area contributed by atoms with Gasteiger partial charge in [-0.1, -0.05) is 12.1 Å². The average Bonchev–Trinajstić information content (AvgIpc) is 3.56. The minimum Gasteiger partial charge on any atom is -0.462 e. The van der Waals surface area contributed by atoms with Gasteiger partial charge >= 0.3 is 18.0 Å². The Morgan fingerprint density at radius 2 is 1.67 bits per heavy atom. The molecule has 0 aliphatic heterocycles. The van der Waals surface area contributed by atoms with Crippen LogP contribution < -0.4 is 11.1 Å². The molecule has 1 aromatic carbocycles. The molecule has 10 heteroatoms. The standard InChI is InChI=1S/C23H27N3O6S/c1-4-31-21(28)17-13(3)18(22(29)32-5-2)33-20(17)25-23(30)26(16-10-11-16)12-14-6-8-15(9-7-14)19(24)27/h6-9,16H,4-5,10-12H2,1-3H3,(H2,24,27)(H,25,30). The number of carbonyl (C=O) groups excluding carboxylic acids is 4. The summed E-state index contributed by atoms with van der Waals surface area (Å²) < 4.78 is 10.2. The van der Waals surface area contributed by atoms with Gasteiger partial charge in [-0.15, -0.1) is 11.3 Å². The lowest BCUT2D eigenvalue weighted by Gasteiger charge is -2.23. The zero-order chi connectivity index (χ0) is 24.1. The van der Waals surface area contributed by atoms with Crippen molar-refractivity contribution in [2.45, 2.75) is 46.2 Å². The number of hydrogen-bond acceptors (Lipinski definition) is 7. The van der Waals surface area contributed by atoms with Crippen molar-refractivity contribution < 1.29 is 28.7 Å². The zero-order valence-electron chi connectivity index (χ0n) is 18.8. The number of nitrogens with two attached hydrogens (primary N) is 1. The SMILES string of the molecule is CCOC(=O)c1sc(NC(=O)N(Cc2ccc(C(N)=O)cc2)C2CC2)c(C(=O)OCC)c1C. The van der Waals surface area contributed by atoms with E-state index in [1.54, 1.807) is 49.9 Å². The summed E-state index contributed by atoms with van der Waals surface area (Å²) in [6.45, 7) is 5.67. The van der Waals surface area contributed by atoms with Crippen LogP contribution in [0.25, 0.3) is 0 Å². The third kappa shape index (κ3) is 5.70. The van der Waals surface area contributed by atoms with Gasteiger partial charge in [0.1, 0.15) is 9.88 Å². The van der Waals surface area contributed by atoms with Crippen LogP contribution >= 0.6 is 11.3 Å². The van der Waals surface area contributed by atoms with Gasteiger partial charge in [-0.2, -0.15) is 0 Å². The molecule has 1 aromatic heterocycles. The molecular formula is C23H27N3O6S. The van der Waals surface area contributed by atoms with Crippen molar-refractivity contribution in [3.05, 3.63) is 51.4 Å². The molecule has 0 bridgehead atoms. The van der Waals surface area contributed by atoms with Crippen molar-refractivity contribution in [3.8, 4) is 0 Å². The van der Waals surface area contributed by atoms with Gasteiger partial charge < -0.3 is 20.1 Å². The molecule has 1 fully saturated rings. The van der Waals surface area contributed by atoms with Crippen LogP contribution in [0, 0.1) is 6.92 Å². The Labute approximate surface area is 195 Å². The summed E-state index contributed by atoms with van der Waals surface area (Å²) in [6, 6.07) is 6.42. The highest BCUT2D eigenvalue weighted by Crippen LogP contribution is 2.36. The predicted octanol–water partition coefficient (Wildman–Crippen LogP) is 3.71. The first-order chi connectivity index (χ1) is 15.8. The van der Waals surface area contributed by atoms with Gasteiger partial charge in [0.25, 0.3) is 0 Å². The topological polar surface area (TPSA) is 128 Å². The maximum absolute atomic E-state index is 13.2. The summed E-state index contributed by atoms with van der Waals surface area (Å²) in [5, 5.41) is 3.05. The van der Waals surface area contributed by atoms with Crippen LogP contribution in [0.4, 0.5) is 9.80 Å². The molecule has 0 saturated heterocycles.